The number of benzene rings is 1. The quantitative estimate of drug-likeness (QED) is 0.723. The summed E-state index contributed by atoms with van der Waals surface area (Å²) in [6.45, 7) is 4.22. The van der Waals surface area contributed by atoms with Gasteiger partial charge in [0, 0.05) is 20.9 Å². The molecular weight excluding hydrogens is 381 g/mol. The maximum absolute atomic E-state index is 12.1. The summed E-state index contributed by atoms with van der Waals surface area (Å²) < 4.78 is 1.70. The van der Waals surface area contributed by atoms with Gasteiger partial charge < -0.3 is 5.32 Å². The summed E-state index contributed by atoms with van der Waals surface area (Å²) in [4.78, 5) is 12.1. The highest BCUT2D eigenvalue weighted by molar-refractivity contribution is 9.11. The van der Waals surface area contributed by atoms with E-state index in [2.05, 4.69) is 51.0 Å². The van der Waals surface area contributed by atoms with Gasteiger partial charge in [0.2, 0.25) is 0 Å². The van der Waals surface area contributed by atoms with Crippen LogP contribution in [0.2, 0.25) is 0 Å². The van der Waals surface area contributed by atoms with Gasteiger partial charge in [0.1, 0.15) is 0 Å². The molecule has 18 heavy (non-hydrogen) atoms. The second kappa shape index (κ2) is 7.51. The van der Waals surface area contributed by atoms with Gasteiger partial charge in [-0.25, -0.2) is 0 Å². The van der Waals surface area contributed by atoms with Crippen molar-refractivity contribution in [3.05, 3.63) is 32.7 Å². The van der Waals surface area contributed by atoms with Crippen molar-refractivity contribution < 1.29 is 4.79 Å². The standard InChI is InChI=1S/C13H16Br2ClNO/c1-8(2)5-10(7-16)17-13(18)11-4-3-9(14)6-12(11)15/h3-4,6,8,10H,5,7H2,1-2H3,(H,17,18). The minimum Gasteiger partial charge on any atom is -0.348 e. The molecule has 0 aliphatic heterocycles. The van der Waals surface area contributed by atoms with Crippen LogP contribution >= 0.6 is 43.5 Å². The molecular formula is C13H16Br2ClNO. The van der Waals surface area contributed by atoms with E-state index in [-0.39, 0.29) is 11.9 Å². The predicted octanol–water partition coefficient (Wildman–Crippen LogP) is 4.59. The number of halogens is 3. The molecule has 100 valence electrons. The third kappa shape index (κ3) is 4.90. The van der Waals surface area contributed by atoms with E-state index in [0.29, 0.717) is 17.4 Å². The third-order valence-corrected chi connectivity index (χ3v) is 3.98. The average Bonchev–Trinajstić information content (AvgIpc) is 2.27. The van der Waals surface area contributed by atoms with Crippen LogP contribution in [0.4, 0.5) is 0 Å². The highest BCUT2D eigenvalue weighted by atomic mass is 79.9. The molecule has 1 rings (SSSR count). The molecule has 1 N–H and O–H groups in total. The van der Waals surface area contributed by atoms with Gasteiger partial charge in [0.15, 0.2) is 0 Å². The zero-order chi connectivity index (χ0) is 13.7. The lowest BCUT2D eigenvalue weighted by Crippen LogP contribution is -2.37. The first-order valence-corrected chi connectivity index (χ1v) is 7.88. The number of amides is 1. The summed E-state index contributed by atoms with van der Waals surface area (Å²) in [6, 6.07) is 5.49. The zero-order valence-corrected chi connectivity index (χ0v) is 14.3. The Morgan fingerprint density at radius 1 is 1.39 bits per heavy atom. The average molecular weight is 398 g/mol. The van der Waals surface area contributed by atoms with Crippen molar-refractivity contribution in [2.45, 2.75) is 26.3 Å². The third-order valence-electron chi connectivity index (χ3n) is 2.45. The number of hydrogen-bond donors (Lipinski definition) is 1. The largest absolute Gasteiger partial charge is 0.348 e. The molecule has 0 saturated carbocycles. The summed E-state index contributed by atoms with van der Waals surface area (Å²) in [5.41, 5.74) is 0.622. The minimum absolute atomic E-state index is 0.00899. The zero-order valence-electron chi connectivity index (χ0n) is 10.3. The number of alkyl halides is 1. The van der Waals surface area contributed by atoms with Gasteiger partial charge in [0.05, 0.1) is 5.56 Å². The monoisotopic (exact) mass is 395 g/mol. The Labute approximate surface area is 130 Å². The first-order chi connectivity index (χ1) is 8.43. The lowest BCUT2D eigenvalue weighted by Gasteiger charge is -2.18. The summed E-state index contributed by atoms with van der Waals surface area (Å²) in [6.07, 6.45) is 0.878. The Hall–Kier alpha value is -0.0600. The van der Waals surface area contributed by atoms with Crippen LogP contribution in [0.15, 0.2) is 27.1 Å². The molecule has 1 aromatic carbocycles. The first-order valence-electron chi connectivity index (χ1n) is 5.76. The molecule has 5 heteroatoms. The van der Waals surface area contributed by atoms with Crippen LogP contribution in [0.1, 0.15) is 30.6 Å². The fourth-order valence-corrected chi connectivity index (χ4v) is 3.10. The van der Waals surface area contributed by atoms with Crippen molar-refractivity contribution >= 4 is 49.4 Å². The summed E-state index contributed by atoms with van der Waals surface area (Å²) >= 11 is 12.6. The van der Waals surface area contributed by atoms with Crippen LogP contribution in [-0.4, -0.2) is 17.8 Å². The van der Waals surface area contributed by atoms with Gasteiger partial charge in [0.25, 0.3) is 5.91 Å². The fraction of sp³-hybridized carbons (Fsp3) is 0.462. The highest BCUT2D eigenvalue weighted by Crippen LogP contribution is 2.22. The summed E-state index contributed by atoms with van der Waals surface area (Å²) in [7, 11) is 0. The van der Waals surface area contributed by atoms with Crippen molar-refractivity contribution in [3.63, 3.8) is 0 Å². The molecule has 0 heterocycles. The fourth-order valence-electron chi connectivity index (χ4n) is 1.67. The Balaban J connectivity index is 2.74. The lowest BCUT2D eigenvalue weighted by molar-refractivity contribution is 0.0936. The van der Waals surface area contributed by atoms with E-state index < -0.39 is 0 Å². The Bertz CT molecular complexity index is 423. The summed E-state index contributed by atoms with van der Waals surface area (Å²) in [5.74, 6) is 0.834. The van der Waals surface area contributed by atoms with Crippen LogP contribution in [0.25, 0.3) is 0 Å². The van der Waals surface area contributed by atoms with E-state index >= 15 is 0 Å². The first kappa shape index (κ1) is 16.0. The normalized spacial score (nSPS) is 12.6. The van der Waals surface area contributed by atoms with E-state index in [1.54, 1.807) is 6.07 Å². The number of nitrogens with one attached hydrogen (secondary N) is 1. The molecule has 0 aliphatic carbocycles. The minimum atomic E-state index is -0.0966. The maximum Gasteiger partial charge on any atom is 0.252 e. The topological polar surface area (TPSA) is 29.1 Å². The molecule has 0 fully saturated rings. The number of carbonyl (C=O) groups is 1. The second-order valence-electron chi connectivity index (χ2n) is 4.58. The molecule has 0 aromatic heterocycles. The van der Waals surface area contributed by atoms with Gasteiger partial charge in [-0.05, 0) is 46.5 Å². The van der Waals surface area contributed by atoms with E-state index in [4.69, 9.17) is 11.6 Å². The van der Waals surface area contributed by atoms with Crippen molar-refractivity contribution in [1.82, 2.24) is 5.32 Å². The molecule has 1 amide bonds. The van der Waals surface area contributed by atoms with Gasteiger partial charge >= 0.3 is 0 Å². The lowest BCUT2D eigenvalue weighted by atomic mass is 10.0. The second-order valence-corrected chi connectivity index (χ2v) is 6.66. The summed E-state index contributed by atoms with van der Waals surface area (Å²) in [5, 5.41) is 2.96. The smallest absolute Gasteiger partial charge is 0.252 e. The molecule has 0 saturated heterocycles. The molecule has 1 atom stereocenters. The van der Waals surface area contributed by atoms with Crippen molar-refractivity contribution in [2.24, 2.45) is 5.92 Å². The number of hydrogen-bond acceptors (Lipinski definition) is 1. The highest BCUT2D eigenvalue weighted by Gasteiger charge is 2.16. The molecule has 0 aliphatic rings. The Kier molecular flexibility index (Phi) is 6.67. The van der Waals surface area contributed by atoms with Crippen LogP contribution in [-0.2, 0) is 0 Å². The van der Waals surface area contributed by atoms with Gasteiger partial charge in [-0.1, -0.05) is 29.8 Å². The Morgan fingerprint density at radius 2 is 2.06 bits per heavy atom. The van der Waals surface area contributed by atoms with Gasteiger partial charge in [-0.2, -0.15) is 0 Å². The van der Waals surface area contributed by atoms with Crippen LogP contribution in [0, 0.1) is 5.92 Å². The van der Waals surface area contributed by atoms with Crippen molar-refractivity contribution in [2.75, 3.05) is 5.88 Å². The number of carbonyl (C=O) groups excluding carboxylic acids is 1. The van der Waals surface area contributed by atoms with Crippen LogP contribution in [0.5, 0.6) is 0 Å². The SMILES string of the molecule is CC(C)CC(CCl)NC(=O)c1ccc(Br)cc1Br. The van der Waals surface area contributed by atoms with Gasteiger partial charge in [-0.15, -0.1) is 11.6 Å². The van der Waals surface area contributed by atoms with E-state index in [9.17, 15) is 4.79 Å². The number of rotatable bonds is 5. The molecule has 2 nitrogen and oxygen atoms in total. The predicted molar refractivity (Wildman–Crippen MR) is 83.3 cm³/mol. The molecule has 0 radical (unpaired) electrons. The van der Waals surface area contributed by atoms with E-state index in [1.807, 2.05) is 12.1 Å². The Morgan fingerprint density at radius 3 is 2.56 bits per heavy atom. The molecule has 0 spiro atoms. The molecule has 0 bridgehead atoms. The van der Waals surface area contributed by atoms with E-state index in [0.717, 1.165) is 15.4 Å². The molecule has 1 unspecified atom stereocenters. The van der Waals surface area contributed by atoms with Crippen molar-refractivity contribution in [3.8, 4) is 0 Å². The van der Waals surface area contributed by atoms with Gasteiger partial charge in [-0.3, -0.25) is 4.79 Å². The maximum atomic E-state index is 12.1. The van der Waals surface area contributed by atoms with Crippen LogP contribution < -0.4 is 5.32 Å². The van der Waals surface area contributed by atoms with Crippen LogP contribution in [0.3, 0.4) is 0 Å². The molecule has 1 aromatic rings. The van der Waals surface area contributed by atoms with Crippen molar-refractivity contribution in [1.29, 1.82) is 0 Å². The van der Waals surface area contributed by atoms with E-state index in [1.165, 1.54) is 0 Å².